The number of unbranched alkanes of at least 4 members (excludes halogenated alkanes) is 3. The maximum atomic E-state index is 9.88. The first kappa shape index (κ1) is 10.1. The highest BCUT2D eigenvalue weighted by atomic mass is 16.6. The zero-order valence-electron chi connectivity index (χ0n) is 6.95. The molecule has 0 bridgehead atoms. The molecule has 0 aromatic carbocycles. The van der Waals surface area contributed by atoms with E-state index in [2.05, 4.69) is 6.08 Å². The SMILES string of the molecule is C/C=C/CCCCC[N+](=O)[O-]. The highest BCUT2D eigenvalue weighted by Crippen LogP contribution is 2.00. The van der Waals surface area contributed by atoms with E-state index in [1.165, 1.54) is 0 Å². The van der Waals surface area contributed by atoms with Gasteiger partial charge in [-0.05, 0) is 26.2 Å². The van der Waals surface area contributed by atoms with Crippen molar-refractivity contribution in [2.45, 2.75) is 32.6 Å². The number of allylic oxidation sites excluding steroid dienone is 2. The van der Waals surface area contributed by atoms with Gasteiger partial charge in [0.05, 0.1) is 0 Å². The molecular formula is C8H15NO2. The van der Waals surface area contributed by atoms with Crippen molar-refractivity contribution in [2.75, 3.05) is 6.54 Å². The van der Waals surface area contributed by atoms with Crippen LogP contribution >= 0.6 is 0 Å². The van der Waals surface area contributed by atoms with Crippen LogP contribution < -0.4 is 0 Å². The molecule has 0 spiro atoms. The van der Waals surface area contributed by atoms with Gasteiger partial charge in [-0.2, -0.15) is 0 Å². The van der Waals surface area contributed by atoms with E-state index in [0.717, 1.165) is 19.3 Å². The van der Waals surface area contributed by atoms with Crippen molar-refractivity contribution in [3.05, 3.63) is 22.3 Å². The number of rotatable bonds is 6. The molecule has 0 atom stereocenters. The lowest BCUT2D eigenvalue weighted by atomic mass is 10.2. The Morgan fingerprint density at radius 2 is 2.09 bits per heavy atom. The van der Waals surface area contributed by atoms with Crippen molar-refractivity contribution < 1.29 is 4.92 Å². The number of nitrogens with zero attached hydrogens (tertiary/aromatic N) is 1. The summed E-state index contributed by atoms with van der Waals surface area (Å²) < 4.78 is 0. The predicted molar refractivity (Wildman–Crippen MR) is 45.1 cm³/mol. The van der Waals surface area contributed by atoms with E-state index >= 15 is 0 Å². The van der Waals surface area contributed by atoms with Crippen molar-refractivity contribution in [2.24, 2.45) is 0 Å². The molecule has 3 heteroatoms. The van der Waals surface area contributed by atoms with Gasteiger partial charge >= 0.3 is 0 Å². The molecule has 0 aliphatic heterocycles. The lowest BCUT2D eigenvalue weighted by Gasteiger charge is -1.93. The molecule has 0 saturated heterocycles. The van der Waals surface area contributed by atoms with Crippen molar-refractivity contribution in [1.82, 2.24) is 0 Å². The summed E-state index contributed by atoms with van der Waals surface area (Å²) in [6.45, 7) is 2.10. The normalized spacial score (nSPS) is 10.6. The molecule has 64 valence electrons. The van der Waals surface area contributed by atoms with Crippen LogP contribution in [-0.4, -0.2) is 11.5 Å². The fourth-order valence-electron chi connectivity index (χ4n) is 0.847. The Labute approximate surface area is 67.3 Å². The molecule has 0 aromatic heterocycles. The van der Waals surface area contributed by atoms with Gasteiger partial charge in [0.15, 0.2) is 0 Å². The Morgan fingerprint density at radius 3 is 2.64 bits per heavy atom. The Hall–Kier alpha value is -0.860. The third kappa shape index (κ3) is 9.14. The monoisotopic (exact) mass is 157 g/mol. The van der Waals surface area contributed by atoms with Crippen molar-refractivity contribution >= 4 is 0 Å². The summed E-state index contributed by atoms with van der Waals surface area (Å²) in [6, 6.07) is 0. The maximum absolute atomic E-state index is 9.88. The van der Waals surface area contributed by atoms with Crippen LogP contribution in [0.1, 0.15) is 32.6 Å². The van der Waals surface area contributed by atoms with E-state index in [1.54, 1.807) is 0 Å². The molecule has 0 aromatic rings. The van der Waals surface area contributed by atoms with Gasteiger partial charge in [0, 0.05) is 11.3 Å². The van der Waals surface area contributed by atoms with Gasteiger partial charge in [0.2, 0.25) is 6.54 Å². The summed E-state index contributed by atoms with van der Waals surface area (Å²) in [5.74, 6) is 0. The summed E-state index contributed by atoms with van der Waals surface area (Å²) >= 11 is 0. The summed E-state index contributed by atoms with van der Waals surface area (Å²) in [5.41, 5.74) is 0. The topological polar surface area (TPSA) is 43.1 Å². The van der Waals surface area contributed by atoms with Gasteiger partial charge in [-0.15, -0.1) is 0 Å². The fourth-order valence-corrected chi connectivity index (χ4v) is 0.847. The predicted octanol–water partition coefficient (Wildman–Crippen LogP) is 2.40. The smallest absolute Gasteiger partial charge is 0.203 e. The number of hydrogen-bond acceptors (Lipinski definition) is 2. The molecule has 0 radical (unpaired) electrons. The van der Waals surface area contributed by atoms with Gasteiger partial charge < -0.3 is 0 Å². The molecule has 0 aliphatic carbocycles. The highest BCUT2D eigenvalue weighted by Gasteiger charge is 1.94. The molecular weight excluding hydrogens is 142 g/mol. The molecule has 0 fully saturated rings. The van der Waals surface area contributed by atoms with Crippen LogP contribution in [0.4, 0.5) is 0 Å². The third-order valence-electron chi connectivity index (χ3n) is 1.45. The first-order valence-electron chi connectivity index (χ1n) is 4.00. The number of nitro groups is 1. The molecule has 0 saturated carbocycles. The first-order chi connectivity index (χ1) is 5.27. The van der Waals surface area contributed by atoms with E-state index in [-0.39, 0.29) is 11.5 Å². The molecule has 0 heterocycles. The van der Waals surface area contributed by atoms with Crippen molar-refractivity contribution in [3.8, 4) is 0 Å². The second-order valence-corrected chi connectivity index (χ2v) is 2.47. The van der Waals surface area contributed by atoms with Crippen LogP contribution in [0.15, 0.2) is 12.2 Å². The van der Waals surface area contributed by atoms with Gasteiger partial charge in [0.1, 0.15) is 0 Å². The van der Waals surface area contributed by atoms with E-state index < -0.39 is 0 Å². The van der Waals surface area contributed by atoms with E-state index in [4.69, 9.17) is 0 Å². The molecule has 0 N–H and O–H groups in total. The second-order valence-electron chi connectivity index (χ2n) is 2.47. The zero-order valence-corrected chi connectivity index (χ0v) is 6.95. The lowest BCUT2D eigenvalue weighted by molar-refractivity contribution is -0.480. The standard InChI is InChI=1S/C8H15NO2/c1-2-3-4-5-6-7-8-9(10)11/h2-3H,4-8H2,1H3/b3-2+. The highest BCUT2D eigenvalue weighted by molar-refractivity contribution is 4.75. The van der Waals surface area contributed by atoms with Crippen LogP contribution in [-0.2, 0) is 0 Å². The zero-order chi connectivity index (χ0) is 8.53. The molecule has 0 unspecified atom stereocenters. The molecule has 0 aliphatic rings. The Kier molecular flexibility index (Phi) is 6.68. The van der Waals surface area contributed by atoms with E-state index in [1.807, 2.05) is 13.0 Å². The largest absolute Gasteiger partial charge is 0.265 e. The van der Waals surface area contributed by atoms with Gasteiger partial charge in [-0.1, -0.05) is 12.2 Å². The Balaban J connectivity index is 2.96. The summed E-state index contributed by atoms with van der Waals surface area (Å²) in [7, 11) is 0. The van der Waals surface area contributed by atoms with Gasteiger partial charge in [-0.3, -0.25) is 10.1 Å². The second kappa shape index (κ2) is 7.25. The van der Waals surface area contributed by atoms with Crippen LogP contribution in [0.5, 0.6) is 0 Å². The quantitative estimate of drug-likeness (QED) is 0.257. The van der Waals surface area contributed by atoms with Gasteiger partial charge in [0.25, 0.3) is 0 Å². The van der Waals surface area contributed by atoms with Crippen LogP contribution in [0.25, 0.3) is 0 Å². The number of hydrogen-bond donors (Lipinski definition) is 0. The first-order valence-corrected chi connectivity index (χ1v) is 4.00. The van der Waals surface area contributed by atoms with E-state index in [0.29, 0.717) is 6.42 Å². The Bertz CT molecular complexity index is 132. The van der Waals surface area contributed by atoms with E-state index in [9.17, 15) is 10.1 Å². The van der Waals surface area contributed by atoms with Crippen molar-refractivity contribution in [3.63, 3.8) is 0 Å². The van der Waals surface area contributed by atoms with Gasteiger partial charge in [-0.25, -0.2) is 0 Å². The minimum absolute atomic E-state index is 0.121. The molecule has 0 rings (SSSR count). The molecule has 11 heavy (non-hydrogen) atoms. The van der Waals surface area contributed by atoms with Crippen molar-refractivity contribution in [1.29, 1.82) is 0 Å². The van der Waals surface area contributed by atoms with Crippen LogP contribution in [0.3, 0.4) is 0 Å². The Morgan fingerprint density at radius 1 is 1.36 bits per heavy atom. The van der Waals surface area contributed by atoms with Crippen LogP contribution in [0, 0.1) is 10.1 Å². The molecule has 3 nitrogen and oxygen atoms in total. The maximum Gasteiger partial charge on any atom is 0.203 e. The fraction of sp³-hybridized carbons (Fsp3) is 0.750. The minimum atomic E-state index is -0.254. The van der Waals surface area contributed by atoms with Crippen LogP contribution in [0.2, 0.25) is 0 Å². The third-order valence-corrected chi connectivity index (χ3v) is 1.45. The average Bonchev–Trinajstić information content (AvgIpc) is 1.96. The average molecular weight is 157 g/mol. The summed E-state index contributed by atoms with van der Waals surface area (Å²) in [4.78, 5) is 9.63. The summed E-state index contributed by atoms with van der Waals surface area (Å²) in [5, 5.41) is 9.88. The lowest BCUT2D eigenvalue weighted by Crippen LogP contribution is -1.99. The minimum Gasteiger partial charge on any atom is -0.265 e. The summed E-state index contributed by atoms with van der Waals surface area (Å²) in [6.07, 6.45) is 7.89. The molecule has 0 amide bonds.